The molecule has 0 aliphatic carbocycles. The van der Waals surface area contributed by atoms with Crippen molar-refractivity contribution in [1.29, 1.82) is 0 Å². The lowest BCUT2D eigenvalue weighted by Crippen LogP contribution is -2.13. The van der Waals surface area contributed by atoms with Crippen LogP contribution in [0.25, 0.3) is 0 Å². The van der Waals surface area contributed by atoms with Crippen LogP contribution in [0.1, 0.15) is 19.8 Å². The normalized spacial score (nSPS) is 12.7. The quantitative estimate of drug-likeness (QED) is 0.364. The minimum absolute atomic E-state index is 0.252. The molecule has 0 rings (SSSR count). The number of rotatable bonds is 4. The summed E-state index contributed by atoms with van der Waals surface area (Å²) in [5, 5.41) is 0. The first-order valence-electron chi connectivity index (χ1n) is 3.13. The third-order valence-electron chi connectivity index (χ3n) is 0.920. The van der Waals surface area contributed by atoms with Gasteiger partial charge in [0.05, 0.1) is 6.61 Å². The van der Waals surface area contributed by atoms with Crippen molar-refractivity contribution in [1.82, 2.24) is 0 Å². The van der Waals surface area contributed by atoms with Gasteiger partial charge in [-0.2, -0.15) is 0 Å². The van der Waals surface area contributed by atoms with Gasteiger partial charge in [-0.3, -0.25) is 0 Å². The van der Waals surface area contributed by atoms with Crippen molar-refractivity contribution < 1.29 is 13.9 Å². The molecule has 1 atom stereocenters. The molecular formula is C6H10ClFO2. The maximum Gasteiger partial charge on any atom is 0.356 e. The van der Waals surface area contributed by atoms with Gasteiger partial charge in [-0.1, -0.05) is 24.9 Å². The van der Waals surface area contributed by atoms with Crippen molar-refractivity contribution in [2.24, 2.45) is 0 Å². The van der Waals surface area contributed by atoms with Gasteiger partial charge in [-0.25, -0.2) is 9.18 Å². The second kappa shape index (κ2) is 5.47. The van der Waals surface area contributed by atoms with Crippen LogP contribution >= 0.6 is 11.6 Å². The SMILES string of the molecule is CCCCOC(=O)C(F)Cl. The van der Waals surface area contributed by atoms with E-state index in [9.17, 15) is 9.18 Å². The van der Waals surface area contributed by atoms with E-state index >= 15 is 0 Å². The fourth-order valence-electron chi connectivity index (χ4n) is 0.380. The number of ether oxygens (including phenoxy) is 1. The van der Waals surface area contributed by atoms with E-state index in [-0.39, 0.29) is 6.61 Å². The average Bonchev–Trinajstić information content (AvgIpc) is 1.88. The standard InChI is InChI=1S/C6H10ClFO2/c1-2-3-4-10-6(9)5(7)8/h5H,2-4H2,1H3. The molecular weight excluding hydrogens is 159 g/mol. The predicted octanol–water partition coefficient (Wildman–Crippen LogP) is 1.86. The zero-order chi connectivity index (χ0) is 7.98. The molecule has 0 spiro atoms. The molecule has 0 aromatic heterocycles. The molecule has 0 bridgehead atoms. The van der Waals surface area contributed by atoms with Crippen LogP contribution in [-0.2, 0) is 9.53 Å². The monoisotopic (exact) mass is 168 g/mol. The summed E-state index contributed by atoms with van der Waals surface area (Å²) in [6.45, 7) is 2.20. The van der Waals surface area contributed by atoms with Gasteiger partial charge < -0.3 is 4.74 Å². The molecule has 0 heterocycles. The first-order valence-corrected chi connectivity index (χ1v) is 3.57. The van der Waals surface area contributed by atoms with E-state index in [1.165, 1.54) is 0 Å². The summed E-state index contributed by atoms with van der Waals surface area (Å²) >= 11 is 4.77. The zero-order valence-corrected chi connectivity index (χ0v) is 6.53. The van der Waals surface area contributed by atoms with Crippen LogP contribution in [0.15, 0.2) is 0 Å². The maximum absolute atomic E-state index is 11.8. The molecule has 1 unspecified atom stereocenters. The Hall–Kier alpha value is -0.310. The highest BCUT2D eigenvalue weighted by atomic mass is 35.5. The molecule has 0 aromatic carbocycles. The van der Waals surface area contributed by atoms with Crippen molar-refractivity contribution in [3.8, 4) is 0 Å². The molecule has 0 fully saturated rings. The van der Waals surface area contributed by atoms with Crippen molar-refractivity contribution in [3.63, 3.8) is 0 Å². The Bertz CT molecular complexity index is 106. The van der Waals surface area contributed by atoms with Gasteiger partial charge in [0.15, 0.2) is 0 Å². The Morgan fingerprint density at radius 1 is 1.80 bits per heavy atom. The van der Waals surface area contributed by atoms with Crippen LogP contribution in [0.3, 0.4) is 0 Å². The smallest absolute Gasteiger partial charge is 0.356 e. The summed E-state index contributed by atoms with van der Waals surface area (Å²) in [4.78, 5) is 10.3. The molecule has 0 amide bonds. The lowest BCUT2D eigenvalue weighted by molar-refractivity contribution is -0.146. The van der Waals surface area contributed by atoms with E-state index in [1.54, 1.807) is 0 Å². The van der Waals surface area contributed by atoms with Crippen LogP contribution in [0.4, 0.5) is 4.39 Å². The van der Waals surface area contributed by atoms with E-state index in [2.05, 4.69) is 4.74 Å². The molecule has 0 aliphatic heterocycles. The van der Waals surface area contributed by atoms with E-state index in [0.29, 0.717) is 0 Å². The molecule has 2 nitrogen and oxygen atoms in total. The second-order valence-corrected chi connectivity index (χ2v) is 2.20. The van der Waals surface area contributed by atoms with Gasteiger partial charge in [0, 0.05) is 0 Å². The van der Waals surface area contributed by atoms with Crippen LogP contribution in [0.5, 0.6) is 0 Å². The first-order chi connectivity index (χ1) is 4.68. The number of unbranched alkanes of at least 4 members (excludes halogenated alkanes) is 1. The zero-order valence-electron chi connectivity index (χ0n) is 5.77. The number of halogens is 2. The summed E-state index contributed by atoms with van der Waals surface area (Å²) in [5.74, 6) is -0.991. The molecule has 0 saturated heterocycles. The van der Waals surface area contributed by atoms with Crippen LogP contribution in [-0.4, -0.2) is 18.2 Å². The third kappa shape index (κ3) is 4.56. The second-order valence-electron chi connectivity index (χ2n) is 1.82. The number of carbonyl (C=O) groups excluding carboxylic acids is 1. The highest BCUT2D eigenvalue weighted by molar-refractivity contribution is 6.28. The largest absolute Gasteiger partial charge is 0.463 e. The van der Waals surface area contributed by atoms with E-state index in [1.807, 2.05) is 6.92 Å². The highest BCUT2D eigenvalue weighted by Gasteiger charge is 2.13. The molecule has 60 valence electrons. The summed E-state index contributed by atoms with van der Waals surface area (Å²) in [5.41, 5.74) is -2.02. The van der Waals surface area contributed by atoms with Crippen molar-refractivity contribution in [2.45, 2.75) is 25.4 Å². The summed E-state index contributed by atoms with van der Waals surface area (Å²) < 4.78 is 16.2. The average molecular weight is 169 g/mol. The fourth-order valence-corrected chi connectivity index (χ4v) is 0.443. The minimum atomic E-state index is -2.02. The van der Waals surface area contributed by atoms with Gasteiger partial charge in [-0.05, 0) is 6.42 Å². The minimum Gasteiger partial charge on any atom is -0.463 e. The highest BCUT2D eigenvalue weighted by Crippen LogP contribution is 2.00. The van der Waals surface area contributed by atoms with Crippen molar-refractivity contribution in [3.05, 3.63) is 0 Å². The van der Waals surface area contributed by atoms with Gasteiger partial charge in [0.25, 0.3) is 5.63 Å². The Kier molecular flexibility index (Phi) is 5.30. The van der Waals surface area contributed by atoms with Crippen molar-refractivity contribution in [2.75, 3.05) is 6.61 Å². The van der Waals surface area contributed by atoms with Crippen LogP contribution < -0.4 is 0 Å². The molecule has 0 radical (unpaired) electrons. The number of hydrogen-bond acceptors (Lipinski definition) is 2. The van der Waals surface area contributed by atoms with E-state index in [0.717, 1.165) is 12.8 Å². The summed E-state index contributed by atoms with van der Waals surface area (Å²) in [6, 6.07) is 0. The molecule has 4 heteroatoms. The van der Waals surface area contributed by atoms with Gasteiger partial charge >= 0.3 is 5.97 Å². The first kappa shape index (κ1) is 9.69. The predicted molar refractivity (Wildman–Crippen MR) is 36.6 cm³/mol. The van der Waals surface area contributed by atoms with E-state index in [4.69, 9.17) is 11.6 Å². The number of alkyl halides is 2. The fraction of sp³-hybridized carbons (Fsp3) is 0.833. The lowest BCUT2D eigenvalue weighted by Gasteiger charge is -2.01. The Balaban J connectivity index is 3.22. The Labute approximate surface area is 64.3 Å². The number of esters is 1. The van der Waals surface area contributed by atoms with Gasteiger partial charge in [0.2, 0.25) is 0 Å². The third-order valence-corrected chi connectivity index (χ3v) is 1.10. The summed E-state index contributed by atoms with van der Waals surface area (Å²) in [6.07, 6.45) is 1.65. The van der Waals surface area contributed by atoms with Gasteiger partial charge in [-0.15, -0.1) is 0 Å². The van der Waals surface area contributed by atoms with Crippen LogP contribution in [0, 0.1) is 0 Å². The maximum atomic E-state index is 11.8. The van der Waals surface area contributed by atoms with Crippen molar-refractivity contribution >= 4 is 17.6 Å². The molecule has 0 saturated carbocycles. The number of carbonyl (C=O) groups is 1. The number of hydrogen-bond donors (Lipinski definition) is 0. The molecule has 10 heavy (non-hydrogen) atoms. The molecule has 0 N–H and O–H groups in total. The Morgan fingerprint density at radius 2 is 2.40 bits per heavy atom. The molecule has 0 aliphatic rings. The topological polar surface area (TPSA) is 26.3 Å². The summed E-state index contributed by atoms with van der Waals surface area (Å²) in [7, 11) is 0. The van der Waals surface area contributed by atoms with E-state index < -0.39 is 11.6 Å². The molecule has 0 aromatic rings. The Morgan fingerprint density at radius 3 is 2.80 bits per heavy atom. The lowest BCUT2D eigenvalue weighted by atomic mass is 10.4. The van der Waals surface area contributed by atoms with Gasteiger partial charge in [0.1, 0.15) is 0 Å². The van der Waals surface area contributed by atoms with Crippen LogP contribution in [0.2, 0.25) is 0 Å².